The standard InChI is InChI=1S/C19H23ClN6O/c1-14-3-4-15(11-17(14)20)26-19-16(12-24-26)18(22-13-23-19)21-5-2-6-25-7-9-27-10-8-25/h3-4,11-13H,2,5-10H2,1H3,(H,21,22,23). The number of fused-ring (bicyclic) bond motifs is 1. The summed E-state index contributed by atoms with van der Waals surface area (Å²) in [5.74, 6) is 0.812. The Kier molecular flexibility index (Phi) is 5.52. The van der Waals surface area contributed by atoms with Crippen LogP contribution in [0.15, 0.2) is 30.7 Å². The summed E-state index contributed by atoms with van der Waals surface area (Å²) < 4.78 is 7.18. The van der Waals surface area contributed by atoms with Crippen LogP contribution in [-0.2, 0) is 4.74 Å². The molecule has 4 rings (SSSR count). The monoisotopic (exact) mass is 386 g/mol. The Morgan fingerprint density at radius 2 is 2.07 bits per heavy atom. The summed E-state index contributed by atoms with van der Waals surface area (Å²) in [4.78, 5) is 11.2. The number of hydrogen-bond acceptors (Lipinski definition) is 6. The Balaban J connectivity index is 1.46. The van der Waals surface area contributed by atoms with Crippen molar-refractivity contribution in [3.63, 3.8) is 0 Å². The molecule has 142 valence electrons. The van der Waals surface area contributed by atoms with Gasteiger partial charge in [0.1, 0.15) is 12.1 Å². The highest BCUT2D eigenvalue weighted by Crippen LogP contribution is 2.24. The Morgan fingerprint density at radius 3 is 2.89 bits per heavy atom. The molecule has 2 aromatic heterocycles. The fourth-order valence-electron chi connectivity index (χ4n) is 3.22. The molecule has 3 aromatic rings. The molecule has 0 unspecified atom stereocenters. The van der Waals surface area contributed by atoms with E-state index in [2.05, 4.69) is 25.3 Å². The molecule has 1 aliphatic rings. The second-order valence-electron chi connectivity index (χ2n) is 6.68. The van der Waals surface area contributed by atoms with E-state index in [9.17, 15) is 0 Å². The zero-order valence-corrected chi connectivity index (χ0v) is 16.1. The predicted molar refractivity (Wildman–Crippen MR) is 107 cm³/mol. The number of anilines is 1. The molecule has 27 heavy (non-hydrogen) atoms. The zero-order chi connectivity index (χ0) is 18.6. The molecular weight excluding hydrogens is 364 g/mol. The van der Waals surface area contributed by atoms with E-state index in [1.54, 1.807) is 17.2 Å². The quantitative estimate of drug-likeness (QED) is 0.657. The van der Waals surface area contributed by atoms with Gasteiger partial charge in [-0.3, -0.25) is 4.90 Å². The van der Waals surface area contributed by atoms with E-state index in [0.717, 1.165) is 73.9 Å². The van der Waals surface area contributed by atoms with Crippen LogP contribution >= 0.6 is 11.6 Å². The lowest BCUT2D eigenvalue weighted by molar-refractivity contribution is 0.0378. The molecule has 0 bridgehead atoms. The molecule has 1 saturated heterocycles. The van der Waals surface area contributed by atoms with Gasteiger partial charge in [0, 0.05) is 24.7 Å². The summed E-state index contributed by atoms with van der Waals surface area (Å²) in [6.07, 6.45) is 4.42. The van der Waals surface area contributed by atoms with Crippen LogP contribution in [0.25, 0.3) is 16.7 Å². The first-order valence-electron chi connectivity index (χ1n) is 9.21. The van der Waals surface area contributed by atoms with Crippen LogP contribution in [0.1, 0.15) is 12.0 Å². The van der Waals surface area contributed by atoms with E-state index in [0.29, 0.717) is 5.02 Å². The van der Waals surface area contributed by atoms with E-state index < -0.39 is 0 Å². The van der Waals surface area contributed by atoms with Crippen LogP contribution < -0.4 is 5.32 Å². The van der Waals surface area contributed by atoms with Crippen LogP contribution in [0.3, 0.4) is 0 Å². The summed E-state index contributed by atoms with van der Waals surface area (Å²) in [6.45, 7) is 7.60. The highest BCUT2D eigenvalue weighted by Gasteiger charge is 2.12. The number of morpholine rings is 1. The molecule has 0 amide bonds. The van der Waals surface area contributed by atoms with E-state index in [4.69, 9.17) is 16.3 Å². The van der Waals surface area contributed by atoms with E-state index >= 15 is 0 Å². The van der Waals surface area contributed by atoms with Gasteiger partial charge in [-0.1, -0.05) is 17.7 Å². The normalized spacial score (nSPS) is 15.3. The first-order chi connectivity index (χ1) is 13.2. The van der Waals surface area contributed by atoms with Crippen molar-refractivity contribution in [2.75, 3.05) is 44.7 Å². The summed E-state index contributed by atoms with van der Waals surface area (Å²) in [5, 5.41) is 9.53. The number of nitrogens with one attached hydrogen (secondary N) is 1. The van der Waals surface area contributed by atoms with Crippen molar-refractivity contribution in [3.05, 3.63) is 41.3 Å². The Labute approximate surface area is 163 Å². The molecule has 3 heterocycles. The van der Waals surface area contributed by atoms with Crippen LogP contribution in [0, 0.1) is 6.92 Å². The third-order valence-electron chi connectivity index (χ3n) is 4.81. The Morgan fingerprint density at radius 1 is 1.22 bits per heavy atom. The van der Waals surface area contributed by atoms with Gasteiger partial charge in [-0.05, 0) is 37.6 Å². The lowest BCUT2D eigenvalue weighted by Gasteiger charge is -2.26. The number of aryl methyl sites for hydroxylation is 1. The summed E-state index contributed by atoms with van der Waals surface area (Å²) >= 11 is 6.26. The van der Waals surface area contributed by atoms with Crippen molar-refractivity contribution < 1.29 is 4.74 Å². The minimum Gasteiger partial charge on any atom is -0.379 e. The molecule has 1 fully saturated rings. The molecule has 0 aliphatic carbocycles. The number of rotatable bonds is 6. The maximum atomic E-state index is 6.26. The fourth-order valence-corrected chi connectivity index (χ4v) is 3.40. The van der Waals surface area contributed by atoms with Crippen LogP contribution in [-0.4, -0.2) is 64.0 Å². The largest absolute Gasteiger partial charge is 0.379 e. The minimum absolute atomic E-state index is 0.715. The number of nitrogens with zero attached hydrogens (tertiary/aromatic N) is 5. The first-order valence-corrected chi connectivity index (χ1v) is 9.59. The molecule has 1 aromatic carbocycles. The minimum atomic E-state index is 0.715. The van der Waals surface area contributed by atoms with Gasteiger partial charge in [0.25, 0.3) is 0 Å². The third kappa shape index (κ3) is 4.05. The molecule has 0 spiro atoms. The third-order valence-corrected chi connectivity index (χ3v) is 5.22. The van der Waals surface area contributed by atoms with Crippen molar-refractivity contribution in [1.29, 1.82) is 0 Å². The van der Waals surface area contributed by atoms with E-state index in [-0.39, 0.29) is 0 Å². The fraction of sp³-hybridized carbons (Fsp3) is 0.421. The van der Waals surface area contributed by atoms with Gasteiger partial charge < -0.3 is 10.1 Å². The lowest BCUT2D eigenvalue weighted by atomic mass is 10.2. The molecule has 0 atom stereocenters. The second-order valence-corrected chi connectivity index (χ2v) is 7.09. The lowest BCUT2D eigenvalue weighted by Crippen LogP contribution is -2.37. The van der Waals surface area contributed by atoms with E-state index in [1.807, 2.05) is 25.1 Å². The van der Waals surface area contributed by atoms with E-state index in [1.165, 1.54) is 0 Å². The molecule has 7 nitrogen and oxygen atoms in total. The summed E-state index contributed by atoms with van der Waals surface area (Å²) in [6, 6.07) is 5.88. The smallest absolute Gasteiger partial charge is 0.168 e. The van der Waals surface area contributed by atoms with Gasteiger partial charge in [0.15, 0.2) is 5.65 Å². The van der Waals surface area contributed by atoms with Gasteiger partial charge >= 0.3 is 0 Å². The highest BCUT2D eigenvalue weighted by molar-refractivity contribution is 6.31. The topological polar surface area (TPSA) is 68.1 Å². The summed E-state index contributed by atoms with van der Waals surface area (Å²) in [5.41, 5.74) is 2.69. The number of ether oxygens (including phenoxy) is 1. The Hall–Kier alpha value is -2.22. The average molecular weight is 387 g/mol. The number of benzene rings is 1. The molecular formula is C19H23ClN6O. The SMILES string of the molecule is Cc1ccc(-n2ncc3c(NCCCN4CCOCC4)ncnc32)cc1Cl. The maximum absolute atomic E-state index is 6.26. The van der Waals surface area contributed by atoms with Gasteiger partial charge in [-0.25, -0.2) is 14.6 Å². The summed E-state index contributed by atoms with van der Waals surface area (Å²) in [7, 11) is 0. The van der Waals surface area contributed by atoms with Crippen LogP contribution in [0.4, 0.5) is 5.82 Å². The Bertz CT molecular complexity index is 922. The first kappa shape index (κ1) is 18.2. The predicted octanol–water partition coefficient (Wildman–Crippen LogP) is 2.91. The van der Waals surface area contributed by atoms with Crippen molar-refractivity contribution in [2.45, 2.75) is 13.3 Å². The molecule has 8 heteroatoms. The number of aromatic nitrogens is 4. The van der Waals surface area contributed by atoms with Gasteiger partial charge in [0.05, 0.1) is 30.5 Å². The van der Waals surface area contributed by atoms with Crippen molar-refractivity contribution in [1.82, 2.24) is 24.6 Å². The van der Waals surface area contributed by atoms with Gasteiger partial charge in [-0.2, -0.15) is 5.10 Å². The number of hydrogen-bond donors (Lipinski definition) is 1. The average Bonchev–Trinajstić information content (AvgIpc) is 3.13. The van der Waals surface area contributed by atoms with Crippen molar-refractivity contribution >= 4 is 28.5 Å². The van der Waals surface area contributed by atoms with Gasteiger partial charge in [-0.15, -0.1) is 0 Å². The second kappa shape index (κ2) is 8.21. The van der Waals surface area contributed by atoms with Crippen LogP contribution in [0.2, 0.25) is 5.02 Å². The van der Waals surface area contributed by atoms with Crippen molar-refractivity contribution in [2.24, 2.45) is 0 Å². The molecule has 1 aliphatic heterocycles. The van der Waals surface area contributed by atoms with Crippen molar-refractivity contribution in [3.8, 4) is 5.69 Å². The molecule has 0 radical (unpaired) electrons. The number of halogens is 1. The zero-order valence-electron chi connectivity index (χ0n) is 15.4. The van der Waals surface area contributed by atoms with Crippen LogP contribution in [0.5, 0.6) is 0 Å². The highest BCUT2D eigenvalue weighted by atomic mass is 35.5. The molecule has 1 N–H and O–H groups in total. The molecule has 0 saturated carbocycles. The van der Waals surface area contributed by atoms with Gasteiger partial charge in [0.2, 0.25) is 0 Å². The maximum Gasteiger partial charge on any atom is 0.168 e.